The van der Waals surface area contributed by atoms with Crippen LogP contribution in [0.1, 0.15) is 0 Å². The Morgan fingerprint density at radius 1 is 1.33 bits per heavy atom. The second-order valence-electron chi connectivity index (χ2n) is 2.34. The fraction of sp³-hybridized carbons (Fsp3) is 0. The van der Waals surface area contributed by atoms with Crippen molar-refractivity contribution in [3.05, 3.63) is 34.0 Å². The minimum Gasteiger partial charge on any atom is -0.157 e. The van der Waals surface area contributed by atoms with Gasteiger partial charge >= 0.3 is 0 Å². The van der Waals surface area contributed by atoms with Crippen LogP contribution < -0.4 is 0 Å². The predicted octanol–water partition coefficient (Wildman–Crippen LogP) is 3.05. The molecule has 0 aliphatic carbocycles. The number of fused-ring (bicyclic) bond motifs is 1. The number of aromatic nitrogens is 2. The molecule has 2 aromatic rings. The van der Waals surface area contributed by atoms with E-state index >= 15 is 0 Å². The molecule has 0 unspecified atom stereocenters. The third-order valence-corrected chi connectivity index (χ3v) is 2.46. The third kappa shape index (κ3) is 1.19. The van der Waals surface area contributed by atoms with Crippen molar-refractivity contribution in [3.8, 4) is 0 Å². The number of rotatable bonds is 0. The van der Waals surface area contributed by atoms with Gasteiger partial charge in [0.05, 0.1) is 11.2 Å². The maximum absolute atomic E-state index is 5.96. The summed E-state index contributed by atoms with van der Waals surface area (Å²) in [5.41, 5.74) is 0. The molecule has 0 saturated heterocycles. The van der Waals surface area contributed by atoms with E-state index in [2.05, 4.69) is 26.1 Å². The molecule has 60 valence electrons. The molecule has 0 bridgehead atoms. The lowest BCUT2D eigenvalue weighted by molar-refractivity contribution is 1.03. The summed E-state index contributed by atoms with van der Waals surface area (Å²) < 4.78 is 0.686. The van der Waals surface area contributed by atoms with Gasteiger partial charge in [-0.2, -0.15) is 5.10 Å². The molecule has 2 nitrogen and oxygen atoms in total. The van der Waals surface area contributed by atoms with Crippen molar-refractivity contribution >= 4 is 38.3 Å². The fourth-order valence-electron chi connectivity index (χ4n) is 1.06. The lowest BCUT2D eigenvalue weighted by Crippen LogP contribution is -1.84. The molecular formula is C8H4BrClN2. The van der Waals surface area contributed by atoms with Gasteiger partial charge in [0, 0.05) is 10.8 Å². The standard InChI is InChI=1S/C8H4BrClN2/c9-8-7-5(4-11-12-8)2-1-3-6(7)10/h1-4H. The number of hydrogen-bond donors (Lipinski definition) is 0. The van der Waals surface area contributed by atoms with E-state index in [1.165, 1.54) is 0 Å². The van der Waals surface area contributed by atoms with E-state index in [1.54, 1.807) is 6.20 Å². The van der Waals surface area contributed by atoms with Crippen LogP contribution in [-0.4, -0.2) is 10.2 Å². The zero-order valence-corrected chi connectivity index (χ0v) is 8.30. The Labute approximate surface area is 82.7 Å². The molecule has 0 amide bonds. The van der Waals surface area contributed by atoms with Gasteiger partial charge in [-0.15, -0.1) is 5.10 Å². The van der Waals surface area contributed by atoms with Gasteiger partial charge in [-0.3, -0.25) is 0 Å². The summed E-state index contributed by atoms with van der Waals surface area (Å²) in [4.78, 5) is 0. The average Bonchev–Trinajstić information content (AvgIpc) is 2.04. The normalized spacial score (nSPS) is 10.5. The monoisotopic (exact) mass is 242 g/mol. The fourth-order valence-corrected chi connectivity index (χ4v) is 1.98. The van der Waals surface area contributed by atoms with Crippen LogP contribution in [0, 0.1) is 0 Å². The molecule has 1 aromatic carbocycles. The lowest BCUT2D eigenvalue weighted by atomic mass is 10.2. The van der Waals surface area contributed by atoms with Crippen molar-refractivity contribution in [3.63, 3.8) is 0 Å². The summed E-state index contributed by atoms with van der Waals surface area (Å²) in [6.45, 7) is 0. The van der Waals surface area contributed by atoms with Gasteiger partial charge in [0.25, 0.3) is 0 Å². The summed E-state index contributed by atoms with van der Waals surface area (Å²) in [5, 5.41) is 10.2. The first kappa shape index (κ1) is 7.95. The Bertz CT molecular complexity index is 394. The SMILES string of the molecule is Clc1cccc2cnnc(Br)c12. The topological polar surface area (TPSA) is 25.8 Å². The Morgan fingerprint density at radius 2 is 2.17 bits per heavy atom. The highest BCUT2D eigenvalue weighted by molar-refractivity contribution is 9.10. The Kier molecular flexibility index (Phi) is 1.98. The van der Waals surface area contributed by atoms with E-state index in [4.69, 9.17) is 11.6 Å². The molecule has 0 radical (unpaired) electrons. The molecule has 2 rings (SSSR count). The zero-order chi connectivity index (χ0) is 8.55. The summed E-state index contributed by atoms with van der Waals surface area (Å²) in [5.74, 6) is 0. The maximum Gasteiger partial charge on any atom is 0.138 e. The Hall–Kier alpha value is -0.670. The molecule has 0 aliphatic heterocycles. The third-order valence-electron chi connectivity index (χ3n) is 1.59. The first-order valence-corrected chi connectivity index (χ1v) is 4.51. The zero-order valence-electron chi connectivity index (χ0n) is 5.96. The van der Waals surface area contributed by atoms with Crippen LogP contribution in [-0.2, 0) is 0 Å². The quantitative estimate of drug-likeness (QED) is 0.711. The highest BCUT2D eigenvalue weighted by Crippen LogP contribution is 2.27. The molecule has 0 fully saturated rings. The number of benzene rings is 1. The van der Waals surface area contributed by atoms with Crippen LogP contribution in [0.15, 0.2) is 29.0 Å². The summed E-state index contributed by atoms with van der Waals surface area (Å²) in [6.07, 6.45) is 1.69. The van der Waals surface area contributed by atoms with Crippen molar-refractivity contribution in [2.75, 3.05) is 0 Å². The predicted molar refractivity (Wildman–Crippen MR) is 52.2 cm³/mol. The average molecular weight is 243 g/mol. The van der Waals surface area contributed by atoms with E-state index in [0.717, 1.165) is 10.8 Å². The summed E-state index contributed by atoms with van der Waals surface area (Å²) >= 11 is 9.25. The second kappa shape index (κ2) is 2.99. The largest absolute Gasteiger partial charge is 0.157 e. The van der Waals surface area contributed by atoms with Crippen LogP contribution in [0.2, 0.25) is 5.02 Å². The smallest absolute Gasteiger partial charge is 0.138 e. The van der Waals surface area contributed by atoms with Gasteiger partial charge < -0.3 is 0 Å². The van der Waals surface area contributed by atoms with Crippen LogP contribution in [0.4, 0.5) is 0 Å². The second-order valence-corrected chi connectivity index (χ2v) is 3.50. The molecule has 0 atom stereocenters. The van der Waals surface area contributed by atoms with Gasteiger partial charge in [0.1, 0.15) is 4.60 Å². The van der Waals surface area contributed by atoms with Crippen LogP contribution in [0.5, 0.6) is 0 Å². The molecule has 12 heavy (non-hydrogen) atoms. The van der Waals surface area contributed by atoms with Gasteiger partial charge in [-0.1, -0.05) is 23.7 Å². The van der Waals surface area contributed by atoms with Crippen molar-refractivity contribution in [2.45, 2.75) is 0 Å². The number of nitrogens with zero attached hydrogens (tertiary/aromatic N) is 2. The van der Waals surface area contributed by atoms with Gasteiger partial charge in [0.15, 0.2) is 0 Å². The molecular weight excluding hydrogens is 239 g/mol. The van der Waals surface area contributed by atoms with Crippen molar-refractivity contribution < 1.29 is 0 Å². The lowest BCUT2D eigenvalue weighted by Gasteiger charge is -1.99. The molecule has 0 saturated carbocycles. The first-order valence-electron chi connectivity index (χ1n) is 3.34. The number of halogens is 2. The van der Waals surface area contributed by atoms with E-state index in [0.29, 0.717) is 9.63 Å². The molecule has 0 spiro atoms. The van der Waals surface area contributed by atoms with E-state index in [-0.39, 0.29) is 0 Å². The molecule has 0 aliphatic rings. The summed E-state index contributed by atoms with van der Waals surface area (Å²) in [6, 6.07) is 5.66. The van der Waals surface area contributed by atoms with Crippen molar-refractivity contribution in [1.29, 1.82) is 0 Å². The van der Waals surface area contributed by atoms with Gasteiger partial charge in [-0.25, -0.2) is 0 Å². The molecule has 4 heteroatoms. The summed E-state index contributed by atoms with van der Waals surface area (Å²) in [7, 11) is 0. The van der Waals surface area contributed by atoms with Crippen molar-refractivity contribution in [2.24, 2.45) is 0 Å². The minimum absolute atomic E-state index is 0.686. The van der Waals surface area contributed by atoms with E-state index < -0.39 is 0 Å². The van der Waals surface area contributed by atoms with Gasteiger partial charge in [0.2, 0.25) is 0 Å². The first-order chi connectivity index (χ1) is 5.79. The molecule has 0 N–H and O–H groups in total. The highest BCUT2D eigenvalue weighted by Gasteiger charge is 2.03. The maximum atomic E-state index is 5.96. The van der Waals surface area contributed by atoms with Crippen molar-refractivity contribution in [1.82, 2.24) is 10.2 Å². The van der Waals surface area contributed by atoms with Gasteiger partial charge in [-0.05, 0) is 22.0 Å². The highest BCUT2D eigenvalue weighted by atomic mass is 79.9. The van der Waals surface area contributed by atoms with Crippen LogP contribution in [0.3, 0.4) is 0 Å². The Balaban J connectivity index is 2.96. The number of hydrogen-bond acceptors (Lipinski definition) is 2. The minimum atomic E-state index is 0.686. The molecule has 1 aromatic heterocycles. The van der Waals surface area contributed by atoms with Crippen LogP contribution >= 0.6 is 27.5 Å². The Morgan fingerprint density at radius 3 is 2.92 bits per heavy atom. The van der Waals surface area contributed by atoms with E-state index in [1.807, 2.05) is 18.2 Å². The van der Waals surface area contributed by atoms with Crippen LogP contribution in [0.25, 0.3) is 10.8 Å². The molecule has 1 heterocycles. The van der Waals surface area contributed by atoms with E-state index in [9.17, 15) is 0 Å².